The highest BCUT2D eigenvalue weighted by atomic mass is 16.1. The molecule has 0 saturated heterocycles. The molecule has 0 saturated carbocycles. The molecule has 0 spiro atoms. The van der Waals surface area contributed by atoms with Crippen molar-refractivity contribution < 1.29 is 4.79 Å². The van der Waals surface area contributed by atoms with Crippen molar-refractivity contribution in [1.29, 1.82) is 0 Å². The van der Waals surface area contributed by atoms with Crippen LogP contribution in [0.3, 0.4) is 0 Å². The third-order valence-electron chi connectivity index (χ3n) is 2.49. The fourth-order valence-electron chi connectivity index (χ4n) is 1.79. The summed E-state index contributed by atoms with van der Waals surface area (Å²) in [5.41, 5.74) is 7.50. The summed E-state index contributed by atoms with van der Waals surface area (Å²) >= 11 is 0. The van der Waals surface area contributed by atoms with Gasteiger partial charge in [0.15, 0.2) is 5.69 Å². The third kappa shape index (κ3) is 1.38. The summed E-state index contributed by atoms with van der Waals surface area (Å²) in [5.74, 6) is 0.393. The maximum Gasteiger partial charge on any atom is 0.269 e. The first-order chi connectivity index (χ1) is 7.15. The smallest absolute Gasteiger partial charge is 0.269 e. The second-order valence-electron chi connectivity index (χ2n) is 3.50. The lowest BCUT2D eigenvalue weighted by atomic mass is 10.2. The van der Waals surface area contributed by atoms with Crippen molar-refractivity contribution in [2.45, 2.75) is 20.3 Å². The molecule has 0 aromatic carbocycles. The first-order valence-corrected chi connectivity index (χ1v) is 4.91. The summed E-state index contributed by atoms with van der Waals surface area (Å²) < 4.78 is 1.93. The lowest BCUT2D eigenvalue weighted by Crippen LogP contribution is -2.12. The topological polar surface area (TPSA) is 60.4 Å². The first-order valence-electron chi connectivity index (χ1n) is 4.91. The van der Waals surface area contributed by atoms with Gasteiger partial charge in [-0.25, -0.2) is 4.98 Å². The van der Waals surface area contributed by atoms with E-state index in [1.54, 1.807) is 0 Å². The second-order valence-corrected chi connectivity index (χ2v) is 3.50. The largest absolute Gasteiger partial charge is 0.364 e. The maximum atomic E-state index is 11.2. The number of pyridine rings is 1. The van der Waals surface area contributed by atoms with Crippen LogP contribution in [-0.2, 0) is 6.42 Å². The number of nitrogens with two attached hydrogens (primary N) is 1. The van der Waals surface area contributed by atoms with Crippen LogP contribution in [0.1, 0.15) is 28.8 Å². The average molecular weight is 203 g/mol. The van der Waals surface area contributed by atoms with Gasteiger partial charge in [0, 0.05) is 12.6 Å². The van der Waals surface area contributed by atoms with Crippen LogP contribution in [0.4, 0.5) is 0 Å². The molecule has 2 rings (SSSR count). The van der Waals surface area contributed by atoms with Crippen molar-refractivity contribution in [1.82, 2.24) is 9.38 Å². The SMILES string of the molecule is CCc1nc(C(N)=O)c2c(C)cccn12. The van der Waals surface area contributed by atoms with Crippen LogP contribution in [0.15, 0.2) is 18.3 Å². The molecule has 2 aromatic rings. The summed E-state index contributed by atoms with van der Waals surface area (Å²) in [4.78, 5) is 15.5. The average Bonchev–Trinajstić information content (AvgIpc) is 2.58. The Balaban J connectivity index is 2.88. The van der Waals surface area contributed by atoms with Gasteiger partial charge in [0.1, 0.15) is 5.82 Å². The summed E-state index contributed by atoms with van der Waals surface area (Å²) in [6, 6.07) is 3.89. The molecule has 4 heteroatoms. The molecular formula is C11H13N3O. The highest BCUT2D eigenvalue weighted by Crippen LogP contribution is 2.17. The van der Waals surface area contributed by atoms with Gasteiger partial charge >= 0.3 is 0 Å². The van der Waals surface area contributed by atoms with Gasteiger partial charge in [0.05, 0.1) is 5.52 Å². The molecule has 0 radical (unpaired) electrons. The van der Waals surface area contributed by atoms with Crippen molar-refractivity contribution in [3.63, 3.8) is 0 Å². The predicted molar refractivity (Wildman–Crippen MR) is 57.8 cm³/mol. The van der Waals surface area contributed by atoms with Gasteiger partial charge in [0.25, 0.3) is 5.91 Å². The van der Waals surface area contributed by atoms with Crippen LogP contribution in [0.5, 0.6) is 0 Å². The van der Waals surface area contributed by atoms with E-state index in [0.29, 0.717) is 5.69 Å². The van der Waals surface area contributed by atoms with Crippen molar-refractivity contribution in [2.75, 3.05) is 0 Å². The molecule has 2 heterocycles. The van der Waals surface area contributed by atoms with Crippen molar-refractivity contribution in [3.05, 3.63) is 35.4 Å². The molecule has 0 unspecified atom stereocenters. The molecule has 2 N–H and O–H groups in total. The number of nitrogens with zero attached hydrogens (tertiary/aromatic N) is 2. The number of carbonyl (C=O) groups excluding carboxylic acids is 1. The van der Waals surface area contributed by atoms with Gasteiger partial charge in [0.2, 0.25) is 0 Å². The first kappa shape index (κ1) is 9.71. The zero-order valence-corrected chi connectivity index (χ0v) is 8.82. The molecule has 1 amide bonds. The van der Waals surface area contributed by atoms with E-state index in [-0.39, 0.29) is 0 Å². The van der Waals surface area contributed by atoms with Crippen LogP contribution >= 0.6 is 0 Å². The van der Waals surface area contributed by atoms with Crippen LogP contribution < -0.4 is 5.73 Å². The Morgan fingerprint density at radius 1 is 1.60 bits per heavy atom. The molecule has 0 aliphatic heterocycles. The number of hydrogen-bond donors (Lipinski definition) is 1. The molecule has 0 atom stereocenters. The normalized spacial score (nSPS) is 10.8. The number of fused-ring (bicyclic) bond motifs is 1. The molecule has 15 heavy (non-hydrogen) atoms. The fourth-order valence-corrected chi connectivity index (χ4v) is 1.79. The van der Waals surface area contributed by atoms with Gasteiger partial charge in [-0.1, -0.05) is 13.0 Å². The minimum absolute atomic E-state index is 0.366. The van der Waals surface area contributed by atoms with E-state index in [4.69, 9.17) is 5.73 Å². The minimum Gasteiger partial charge on any atom is -0.364 e. The molecule has 2 aromatic heterocycles. The third-order valence-corrected chi connectivity index (χ3v) is 2.49. The maximum absolute atomic E-state index is 11.2. The molecule has 78 valence electrons. The van der Waals surface area contributed by atoms with Gasteiger partial charge in [-0.2, -0.15) is 0 Å². The van der Waals surface area contributed by atoms with Crippen LogP contribution in [0.2, 0.25) is 0 Å². The van der Waals surface area contributed by atoms with E-state index in [9.17, 15) is 4.79 Å². The zero-order valence-electron chi connectivity index (χ0n) is 8.82. The number of hydrogen-bond acceptors (Lipinski definition) is 2. The van der Waals surface area contributed by atoms with Gasteiger partial charge in [-0.05, 0) is 18.6 Å². The van der Waals surface area contributed by atoms with Crippen molar-refractivity contribution in [3.8, 4) is 0 Å². The Hall–Kier alpha value is -1.84. The van der Waals surface area contributed by atoms with E-state index in [1.807, 2.05) is 36.6 Å². The van der Waals surface area contributed by atoms with E-state index < -0.39 is 5.91 Å². The minimum atomic E-state index is -0.471. The number of primary amides is 1. The Morgan fingerprint density at radius 2 is 2.33 bits per heavy atom. The van der Waals surface area contributed by atoms with E-state index in [1.165, 1.54) is 0 Å². The van der Waals surface area contributed by atoms with Gasteiger partial charge in [-0.3, -0.25) is 4.79 Å². The Morgan fingerprint density at radius 3 is 2.93 bits per heavy atom. The van der Waals surface area contributed by atoms with Crippen LogP contribution in [0, 0.1) is 6.92 Å². The number of amides is 1. The molecule has 4 nitrogen and oxygen atoms in total. The monoisotopic (exact) mass is 203 g/mol. The van der Waals surface area contributed by atoms with E-state index in [2.05, 4.69) is 4.98 Å². The highest BCUT2D eigenvalue weighted by molar-refractivity contribution is 5.98. The molecule has 0 bridgehead atoms. The zero-order chi connectivity index (χ0) is 11.0. The lowest BCUT2D eigenvalue weighted by molar-refractivity contribution is 0.0997. The summed E-state index contributed by atoms with van der Waals surface area (Å²) in [6.07, 6.45) is 2.68. The van der Waals surface area contributed by atoms with Crippen molar-refractivity contribution >= 4 is 11.4 Å². The molecule has 0 aliphatic rings. The Bertz CT molecular complexity index is 528. The Kier molecular flexibility index (Phi) is 2.19. The van der Waals surface area contributed by atoms with Crippen molar-refractivity contribution in [2.24, 2.45) is 5.73 Å². The van der Waals surface area contributed by atoms with Crippen LogP contribution in [0.25, 0.3) is 5.52 Å². The number of aromatic nitrogens is 2. The summed E-state index contributed by atoms with van der Waals surface area (Å²) in [6.45, 7) is 3.95. The highest BCUT2D eigenvalue weighted by Gasteiger charge is 2.15. The number of rotatable bonds is 2. The van der Waals surface area contributed by atoms with Crippen LogP contribution in [-0.4, -0.2) is 15.3 Å². The van der Waals surface area contributed by atoms with Gasteiger partial charge < -0.3 is 10.1 Å². The predicted octanol–water partition coefficient (Wildman–Crippen LogP) is 1.30. The standard InChI is InChI=1S/C11H13N3O/c1-3-8-13-9(11(12)15)10-7(2)5-4-6-14(8)10/h4-6H,3H2,1-2H3,(H2,12,15). The molecular weight excluding hydrogens is 190 g/mol. The number of carbonyl (C=O) groups is 1. The van der Waals surface area contributed by atoms with E-state index >= 15 is 0 Å². The lowest BCUT2D eigenvalue weighted by Gasteiger charge is -2.00. The number of imidazole rings is 1. The molecule has 0 fully saturated rings. The van der Waals surface area contributed by atoms with Gasteiger partial charge in [-0.15, -0.1) is 0 Å². The second kappa shape index (κ2) is 3.38. The summed E-state index contributed by atoms with van der Waals surface area (Å²) in [5, 5.41) is 0. The fraction of sp³-hybridized carbons (Fsp3) is 0.273. The Labute approximate surface area is 87.7 Å². The molecule has 0 aliphatic carbocycles. The number of aryl methyl sites for hydroxylation is 2. The van der Waals surface area contributed by atoms with E-state index in [0.717, 1.165) is 23.3 Å². The summed E-state index contributed by atoms with van der Waals surface area (Å²) in [7, 11) is 0. The quantitative estimate of drug-likeness (QED) is 0.799.